The van der Waals surface area contributed by atoms with Gasteiger partial charge in [-0.2, -0.15) is 0 Å². The van der Waals surface area contributed by atoms with Crippen molar-refractivity contribution in [1.82, 2.24) is 10.2 Å². The van der Waals surface area contributed by atoms with Gasteiger partial charge in [-0.05, 0) is 25.8 Å². The van der Waals surface area contributed by atoms with Gasteiger partial charge in [0.25, 0.3) is 0 Å². The Balaban J connectivity index is 2.44. The van der Waals surface area contributed by atoms with Gasteiger partial charge in [0.05, 0.1) is 0 Å². The summed E-state index contributed by atoms with van der Waals surface area (Å²) in [6.45, 7) is 5.52. The Morgan fingerprint density at radius 1 is 1.32 bits per heavy atom. The molecule has 0 aromatic carbocycles. The lowest BCUT2D eigenvalue weighted by Crippen LogP contribution is -2.44. The highest BCUT2D eigenvalue weighted by Gasteiger charge is 2.30. The smallest absolute Gasteiger partial charge is 0.326 e. The van der Waals surface area contributed by atoms with Gasteiger partial charge in [0.15, 0.2) is 0 Å². The van der Waals surface area contributed by atoms with Crippen LogP contribution < -0.4 is 5.32 Å². The standard InChI is InChI=1S/C14H26N2O3/c1-11(2)15-9-6-8-13(17)16-10-5-3-4-7-12(16)14(18)19/h11-12,15H,3-10H2,1-2H3,(H,18,19). The molecule has 19 heavy (non-hydrogen) atoms. The van der Waals surface area contributed by atoms with E-state index in [9.17, 15) is 14.7 Å². The van der Waals surface area contributed by atoms with E-state index in [0.29, 0.717) is 25.4 Å². The van der Waals surface area contributed by atoms with E-state index in [1.165, 1.54) is 0 Å². The van der Waals surface area contributed by atoms with Crippen LogP contribution >= 0.6 is 0 Å². The van der Waals surface area contributed by atoms with Crippen LogP contribution in [-0.4, -0.2) is 47.1 Å². The third-order valence-corrected chi connectivity index (χ3v) is 3.48. The highest BCUT2D eigenvalue weighted by molar-refractivity contribution is 5.83. The fraction of sp³-hybridized carbons (Fsp3) is 0.857. The molecular weight excluding hydrogens is 244 g/mol. The third kappa shape index (κ3) is 5.59. The Kier molecular flexibility index (Phi) is 6.84. The first-order chi connectivity index (χ1) is 9.02. The van der Waals surface area contributed by atoms with Crippen molar-refractivity contribution in [1.29, 1.82) is 0 Å². The Morgan fingerprint density at radius 2 is 2.05 bits per heavy atom. The van der Waals surface area contributed by atoms with Crippen molar-refractivity contribution in [3.63, 3.8) is 0 Å². The molecule has 1 atom stereocenters. The average molecular weight is 270 g/mol. The second-order valence-electron chi connectivity index (χ2n) is 5.50. The molecule has 0 aliphatic carbocycles. The van der Waals surface area contributed by atoms with Crippen LogP contribution in [0.3, 0.4) is 0 Å². The van der Waals surface area contributed by atoms with Crippen molar-refractivity contribution in [3.05, 3.63) is 0 Å². The molecule has 0 bridgehead atoms. The van der Waals surface area contributed by atoms with Gasteiger partial charge in [0, 0.05) is 19.0 Å². The number of hydrogen-bond donors (Lipinski definition) is 2. The van der Waals surface area contributed by atoms with Crippen LogP contribution in [-0.2, 0) is 9.59 Å². The molecule has 1 rings (SSSR count). The lowest BCUT2D eigenvalue weighted by molar-refractivity contribution is -0.150. The molecule has 0 radical (unpaired) electrons. The molecule has 110 valence electrons. The molecule has 5 nitrogen and oxygen atoms in total. The molecule has 1 aliphatic rings. The molecule has 5 heteroatoms. The minimum absolute atomic E-state index is 0.0140. The summed E-state index contributed by atoms with van der Waals surface area (Å²) in [5, 5.41) is 12.5. The van der Waals surface area contributed by atoms with Crippen LogP contribution in [0.5, 0.6) is 0 Å². The van der Waals surface area contributed by atoms with Crippen molar-refractivity contribution >= 4 is 11.9 Å². The van der Waals surface area contributed by atoms with E-state index >= 15 is 0 Å². The number of likely N-dealkylation sites (tertiary alicyclic amines) is 1. The maximum atomic E-state index is 12.1. The predicted octanol–water partition coefficient (Wildman–Crippen LogP) is 1.62. The topological polar surface area (TPSA) is 69.6 Å². The lowest BCUT2D eigenvalue weighted by atomic mass is 10.1. The van der Waals surface area contributed by atoms with E-state index in [2.05, 4.69) is 19.2 Å². The second-order valence-corrected chi connectivity index (χ2v) is 5.50. The summed E-state index contributed by atoms with van der Waals surface area (Å²) >= 11 is 0. The van der Waals surface area contributed by atoms with Crippen LogP contribution in [0, 0.1) is 0 Å². The highest BCUT2D eigenvalue weighted by atomic mass is 16.4. The zero-order valence-electron chi connectivity index (χ0n) is 12.0. The number of carboxylic acids is 1. The van der Waals surface area contributed by atoms with E-state index in [0.717, 1.165) is 32.2 Å². The van der Waals surface area contributed by atoms with Gasteiger partial charge in [-0.1, -0.05) is 26.7 Å². The van der Waals surface area contributed by atoms with Crippen LogP contribution in [0.4, 0.5) is 0 Å². The average Bonchev–Trinajstić information content (AvgIpc) is 2.59. The number of hydrogen-bond acceptors (Lipinski definition) is 3. The van der Waals surface area contributed by atoms with Crippen LogP contribution in [0.25, 0.3) is 0 Å². The molecule has 1 aliphatic heterocycles. The minimum Gasteiger partial charge on any atom is -0.480 e. The van der Waals surface area contributed by atoms with Crippen LogP contribution in [0.15, 0.2) is 0 Å². The van der Waals surface area contributed by atoms with E-state index in [4.69, 9.17) is 0 Å². The normalized spacial score (nSPS) is 20.4. The number of nitrogens with zero attached hydrogens (tertiary/aromatic N) is 1. The fourth-order valence-corrected chi connectivity index (χ4v) is 2.44. The summed E-state index contributed by atoms with van der Waals surface area (Å²) in [5.74, 6) is -0.879. The number of aliphatic carboxylic acids is 1. The minimum atomic E-state index is -0.865. The second kappa shape index (κ2) is 8.15. The Labute approximate surface area is 115 Å². The number of carbonyl (C=O) groups excluding carboxylic acids is 1. The molecule has 0 aromatic heterocycles. The monoisotopic (exact) mass is 270 g/mol. The zero-order chi connectivity index (χ0) is 14.3. The van der Waals surface area contributed by atoms with Crippen molar-refractivity contribution < 1.29 is 14.7 Å². The van der Waals surface area contributed by atoms with Crippen LogP contribution in [0.1, 0.15) is 52.4 Å². The van der Waals surface area contributed by atoms with Crippen molar-refractivity contribution in [2.45, 2.75) is 64.5 Å². The van der Waals surface area contributed by atoms with Crippen LogP contribution in [0.2, 0.25) is 0 Å². The largest absolute Gasteiger partial charge is 0.480 e. The summed E-state index contributed by atoms with van der Waals surface area (Å²) in [6, 6.07) is -0.201. The summed E-state index contributed by atoms with van der Waals surface area (Å²) in [5.41, 5.74) is 0. The summed E-state index contributed by atoms with van der Waals surface area (Å²) in [4.78, 5) is 25.0. The Morgan fingerprint density at radius 3 is 2.68 bits per heavy atom. The number of nitrogens with one attached hydrogen (secondary N) is 1. The molecular formula is C14H26N2O3. The number of carbonyl (C=O) groups is 2. The van der Waals surface area contributed by atoms with Crippen molar-refractivity contribution in [2.24, 2.45) is 0 Å². The van der Waals surface area contributed by atoms with Crippen molar-refractivity contribution in [2.75, 3.05) is 13.1 Å². The quantitative estimate of drug-likeness (QED) is 0.720. The summed E-state index contributed by atoms with van der Waals surface area (Å²) < 4.78 is 0. The molecule has 1 amide bonds. The molecule has 2 N–H and O–H groups in total. The van der Waals surface area contributed by atoms with Gasteiger partial charge in [0.1, 0.15) is 6.04 Å². The maximum absolute atomic E-state index is 12.1. The fourth-order valence-electron chi connectivity index (χ4n) is 2.44. The van der Waals surface area contributed by atoms with E-state index in [1.54, 1.807) is 4.90 Å². The molecule has 1 unspecified atom stereocenters. The van der Waals surface area contributed by atoms with Gasteiger partial charge >= 0.3 is 5.97 Å². The molecule has 1 saturated heterocycles. The first-order valence-electron chi connectivity index (χ1n) is 7.28. The number of rotatable bonds is 6. The third-order valence-electron chi connectivity index (χ3n) is 3.48. The molecule has 0 spiro atoms. The number of amides is 1. The lowest BCUT2D eigenvalue weighted by Gasteiger charge is -2.27. The number of carboxylic acid groups (broad SMARTS) is 1. The molecule has 0 saturated carbocycles. The SMILES string of the molecule is CC(C)NCCCC(=O)N1CCCCCC1C(=O)O. The van der Waals surface area contributed by atoms with Gasteiger partial charge in [-0.3, -0.25) is 4.79 Å². The molecule has 1 fully saturated rings. The van der Waals surface area contributed by atoms with E-state index in [1.807, 2.05) is 0 Å². The summed E-state index contributed by atoms with van der Waals surface area (Å²) in [6.07, 6.45) is 4.62. The van der Waals surface area contributed by atoms with Gasteiger partial charge in [-0.15, -0.1) is 0 Å². The van der Waals surface area contributed by atoms with Gasteiger partial charge < -0.3 is 15.3 Å². The highest BCUT2D eigenvalue weighted by Crippen LogP contribution is 2.18. The van der Waals surface area contributed by atoms with Crippen molar-refractivity contribution in [3.8, 4) is 0 Å². The molecule has 1 heterocycles. The first kappa shape index (κ1) is 16.0. The van der Waals surface area contributed by atoms with E-state index < -0.39 is 12.0 Å². The maximum Gasteiger partial charge on any atom is 0.326 e. The Bertz CT molecular complexity index is 305. The van der Waals surface area contributed by atoms with Gasteiger partial charge in [0.2, 0.25) is 5.91 Å². The predicted molar refractivity (Wildman–Crippen MR) is 74.0 cm³/mol. The summed E-state index contributed by atoms with van der Waals surface area (Å²) in [7, 11) is 0. The first-order valence-corrected chi connectivity index (χ1v) is 7.28. The zero-order valence-corrected chi connectivity index (χ0v) is 12.0. The molecule has 0 aromatic rings. The van der Waals surface area contributed by atoms with Gasteiger partial charge in [-0.25, -0.2) is 4.79 Å². The van der Waals surface area contributed by atoms with E-state index in [-0.39, 0.29) is 5.91 Å². The Hall–Kier alpha value is -1.10.